The number of aryl methyl sites for hydroxylation is 1. The number of ether oxygens (including phenoxy) is 1. The van der Waals surface area contributed by atoms with E-state index in [9.17, 15) is 9.18 Å². The Kier molecular flexibility index (Phi) is 6.44. The van der Waals surface area contributed by atoms with Gasteiger partial charge in [-0.1, -0.05) is 41.4 Å². The van der Waals surface area contributed by atoms with Crippen molar-refractivity contribution in [2.75, 3.05) is 6.54 Å². The number of halogens is 3. The van der Waals surface area contributed by atoms with Crippen molar-refractivity contribution in [1.29, 1.82) is 0 Å². The monoisotopic (exact) mass is 458 g/mol. The molecule has 0 saturated heterocycles. The Labute approximate surface area is 190 Å². The number of hydrogen-bond donors (Lipinski definition) is 1. The smallest absolute Gasteiger partial charge is 0.255 e. The van der Waals surface area contributed by atoms with Gasteiger partial charge in [-0.25, -0.2) is 4.39 Å². The SMILES string of the molecule is Cc1cc(C(=O)NCC(F)c2ccc(Cl)cc2Cl)c(Oc2cccc(C3CC3)c2)cn1. The average molecular weight is 459 g/mol. The molecule has 0 bridgehead atoms. The number of alkyl halides is 1. The molecule has 1 heterocycles. The molecule has 0 spiro atoms. The van der Waals surface area contributed by atoms with Crippen LogP contribution in [-0.2, 0) is 0 Å². The highest BCUT2D eigenvalue weighted by molar-refractivity contribution is 6.35. The van der Waals surface area contributed by atoms with Crippen LogP contribution >= 0.6 is 23.2 Å². The van der Waals surface area contributed by atoms with Gasteiger partial charge in [0.25, 0.3) is 5.91 Å². The molecule has 1 atom stereocenters. The summed E-state index contributed by atoms with van der Waals surface area (Å²) in [5.41, 5.74) is 2.44. The zero-order chi connectivity index (χ0) is 22.0. The molecular weight excluding hydrogens is 438 g/mol. The second-order valence-electron chi connectivity index (χ2n) is 7.61. The maximum Gasteiger partial charge on any atom is 0.255 e. The average Bonchev–Trinajstić information content (AvgIpc) is 3.59. The number of hydrogen-bond acceptors (Lipinski definition) is 3. The first-order valence-corrected chi connectivity index (χ1v) is 10.8. The molecule has 7 heteroatoms. The van der Waals surface area contributed by atoms with Gasteiger partial charge in [0.1, 0.15) is 11.9 Å². The lowest BCUT2D eigenvalue weighted by Crippen LogP contribution is -2.27. The summed E-state index contributed by atoms with van der Waals surface area (Å²) in [6.45, 7) is 1.54. The minimum atomic E-state index is -1.48. The molecular formula is C24H21Cl2FN2O2. The van der Waals surface area contributed by atoms with Crippen LogP contribution in [-0.4, -0.2) is 17.4 Å². The molecule has 0 aliphatic heterocycles. The van der Waals surface area contributed by atoms with Crippen LogP contribution in [0.4, 0.5) is 4.39 Å². The number of rotatable bonds is 7. The van der Waals surface area contributed by atoms with Crippen LogP contribution in [0.3, 0.4) is 0 Å². The molecule has 1 aliphatic rings. The molecule has 1 aliphatic carbocycles. The van der Waals surface area contributed by atoms with Gasteiger partial charge >= 0.3 is 0 Å². The quantitative estimate of drug-likeness (QED) is 0.423. The Morgan fingerprint density at radius 3 is 2.77 bits per heavy atom. The summed E-state index contributed by atoms with van der Waals surface area (Å²) in [7, 11) is 0. The molecule has 1 N–H and O–H groups in total. The summed E-state index contributed by atoms with van der Waals surface area (Å²) < 4.78 is 20.6. The molecule has 0 radical (unpaired) electrons. The van der Waals surface area contributed by atoms with Crippen molar-refractivity contribution in [2.24, 2.45) is 0 Å². The van der Waals surface area contributed by atoms with Gasteiger partial charge in [-0.15, -0.1) is 0 Å². The number of nitrogens with zero attached hydrogens (tertiary/aromatic N) is 1. The van der Waals surface area contributed by atoms with E-state index in [1.807, 2.05) is 18.2 Å². The Morgan fingerprint density at radius 1 is 1.23 bits per heavy atom. The van der Waals surface area contributed by atoms with Crippen LogP contribution in [0.15, 0.2) is 54.7 Å². The lowest BCUT2D eigenvalue weighted by molar-refractivity contribution is 0.0939. The predicted octanol–water partition coefficient (Wildman–Crippen LogP) is 6.81. The maximum atomic E-state index is 14.7. The molecule has 31 heavy (non-hydrogen) atoms. The summed E-state index contributed by atoms with van der Waals surface area (Å²) in [6.07, 6.45) is 2.41. The first-order chi connectivity index (χ1) is 14.9. The minimum Gasteiger partial charge on any atom is -0.455 e. The summed E-state index contributed by atoms with van der Waals surface area (Å²) in [5, 5.41) is 3.26. The van der Waals surface area contributed by atoms with E-state index in [1.165, 1.54) is 36.7 Å². The van der Waals surface area contributed by atoms with Crippen LogP contribution in [0.2, 0.25) is 10.0 Å². The number of carbonyl (C=O) groups is 1. The van der Waals surface area contributed by atoms with E-state index in [-0.39, 0.29) is 17.1 Å². The normalized spacial score (nSPS) is 14.2. The second kappa shape index (κ2) is 9.25. The van der Waals surface area contributed by atoms with Crippen molar-refractivity contribution in [2.45, 2.75) is 31.9 Å². The Balaban J connectivity index is 1.48. The maximum absolute atomic E-state index is 14.7. The van der Waals surface area contributed by atoms with E-state index in [0.29, 0.717) is 33.7 Å². The molecule has 3 aromatic rings. The first kappa shape index (κ1) is 21.6. The largest absolute Gasteiger partial charge is 0.455 e. The van der Waals surface area contributed by atoms with Crippen molar-refractivity contribution < 1.29 is 13.9 Å². The molecule has 160 valence electrons. The number of pyridine rings is 1. The Bertz CT molecular complexity index is 1120. The van der Waals surface area contributed by atoms with E-state index in [2.05, 4.69) is 16.4 Å². The summed E-state index contributed by atoms with van der Waals surface area (Å²) >= 11 is 11.9. The fraction of sp³-hybridized carbons (Fsp3) is 0.250. The van der Waals surface area contributed by atoms with Crippen molar-refractivity contribution >= 4 is 29.1 Å². The van der Waals surface area contributed by atoms with Crippen LogP contribution in [0.1, 0.15) is 52.1 Å². The highest BCUT2D eigenvalue weighted by Crippen LogP contribution is 2.41. The standard InChI is InChI=1S/C24H21Cl2FN2O2/c1-14-9-20(24(30)29-12-22(27)19-8-7-17(25)11-21(19)26)23(13-28-14)31-18-4-2-3-16(10-18)15-5-6-15/h2-4,7-11,13,15,22H,5-6,12H2,1H3,(H,29,30). The molecule has 2 aromatic carbocycles. The molecule has 1 saturated carbocycles. The van der Waals surface area contributed by atoms with E-state index in [4.69, 9.17) is 27.9 Å². The third kappa shape index (κ3) is 5.35. The van der Waals surface area contributed by atoms with Gasteiger partial charge in [0.2, 0.25) is 0 Å². The molecule has 1 fully saturated rings. The number of benzene rings is 2. The van der Waals surface area contributed by atoms with Crippen LogP contribution in [0.5, 0.6) is 11.5 Å². The van der Waals surface area contributed by atoms with E-state index in [0.717, 1.165) is 0 Å². The summed E-state index contributed by atoms with van der Waals surface area (Å²) in [4.78, 5) is 17.1. The summed E-state index contributed by atoms with van der Waals surface area (Å²) in [5.74, 6) is 1.09. The van der Waals surface area contributed by atoms with Crippen LogP contribution < -0.4 is 10.1 Å². The Morgan fingerprint density at radius 2 is 2.03 bits per heavy atom. The lowest BCUT2D eigenvalue weighted by Gasteiger charge is -2.15. The van der Waals surface area contributed by atoms with E-state index in [1.54, 1.807) is 19.1 Å². The first-order valence-electron chi connectivity index (χ1n) is 10.0. The van der Waals surface area contributed by atoms with E-state index >= 15 is 0 Å². The van der Waals surface area contributed by atoms with Gasteiger partial charge in [0, 0.05) is 21.3 Å². The number of carbonyl (C=O) groups excluding carboxylic acids is 1. The van der Waals surface area contributed by atoms with Crippen molar-refractivity contribution in [3.8, 4) is 11.5 Å². The zero-order valence-corrected chi connectivity index (χ0v) is 18.4. The zero-order valence-electron chi connectivity index (χ0n) is 16.9. The lowest BCUT2D eigenvalue weighted by atomic mass is 10.1. The van der Waals surface area contributed by atoms with Gasteiger partial charge < -0.3 is 10.1 Å². The molecule has 1 aromatic heterocycles. The van der Waals surface area contributed by atoms with Crippen LogP contribution in [0, 0.1) is 6.92 Å². The summed E-state index contributed by atoms with van der Waals surface area (Å²) in [6, 6.07) is 14.0. The number of nitrogens with one attached hydrogen (secondary N) is 1. The molecule has 4 rings (SSSR count). The fourth-order valence-corrected chi connectivity index (χ4v) is 3.85. The Hall–Kier alpha value is -2.63. The third-order valence-electron chi connectivity index (χ3n) is 5.13. The van der Waals surface area contributed by atoms with Crippen LogP contribution in [0.25, 0.3) is 0 Å². The van der Waals surface area contributed by atoms with Gasteiger partial charge in [-0.2, -0.15) is 0 Å². The predicted molar refractivity (Wildman–Crippen MR) is 120 cm³/mol. The topological polar surface area (TPSA) is 51.2 Å². The molecule has 4 nitrogen and oxygen atoms in total. The molecule has 1 unspecified atom stereocenters. The van der Waals surface area contributed by atoms with Crippen molar-refractivity contribution in [3.05, 3.63) is 87.2 Å². The fourth-order valence-electron chi connectivity index (χ4n) is 3.32. The highest BCUT2D eigenvalue weighted by Gasteiger charge is 2.24. The van der Waals surface area contributed by atoms with E-state index < -0.39 is 12.1 Å². The van der Waals surface area contributed by atoms with Gasteiger partial charge in [0.15, 0.2) is 5.75 Å². The van der Waals surface area contributed by atoms with Crippen molar-refractivity contribution in [1.82, 2.24) is 10.3 Å². The number of aromatic nitrogens is 1. The third-order valence-corrected chi connectivity index (χ3v) is 5.69. The number of amides is 1. The van der Waals surface area contributed by atoms with Gasteiger partial charge in [-0.3, -0.25) is 9.78 Å². The van der Waals surface area contributed by atoms with Crippen molar-refractivity contribution in [3.63, 3.8) is 0 Å². The second-order valence-corrected chi connectivity index (χ2v) is 8.46. The van der Waals surface area contributed by atoms with Gasteiger partial charge in [-0.05, 0) is 61.6 Å². The van der Waals surface area contributed by atoms with Gasteiger partial charge in [0.05, 0.1) is 18.3 Å². The highest BCUT2D eigenvalue weighted by atomic mass is 35.5. The molecule has 1 amide bonds. The minimum absolute atomic E-state index is 0.216.